The third kappa shape index (κ3) is 4.45. The number of rotatable bonds is 6. The molecule has 1 aliphatic heterocycles. The molecule has 0 bridgehead atoms. The van der Waals surface area contributed by atoms with Crippen molar-refractivity contribution in [3.8, 4) is 11.5 Å². The van der Waals surface area contributed by atoms with Crippen LogP contribution in [0.3, 0.4) is 0 Å². The molecule has 4 rings (SSSR count). The maximum absolute atomic E-state index is 13.7. The van der Waals surface area contributed by atoms with E-state index >= 15 is 0 Å². The number of ketones is 1. The third-order valence-electron chi connectivity index (χ3n) is 6.49. The Labute approximate surface area is 200 Å². The summed E-state index contributed by atoms with van der Waals surface area (Å²) in [6.07, 6.45) is 0.720. The normalized spacial score (nSPS) is 22.2. The van der Waals surface area contributed by atoms with Crippen molar-refractivity contribution >= 4 is 11.8 Å². The molecule has 0 aromatic heterocycles. The third-order valence-corrected chi connectivity index (χ3v) is 6.49. The minimum atomic E-state index is -0.778. The van der Waals surface area contributed by atoms with Gasteiger partial charge >= 0.3 is 5.97 Å². The van der Waals surface area contributed by atoms with Crippen LogP contribution in [0.5, 0.6) is 11.5 Å². The van der Waals surface area contributed by atoms with Crippen molar-refractivity contribution in [3.05, 3.63) is 83.2 Å². The lowest BCUT2D eigenvalue weighted by Gasteiger charge is -2.40. The lowest BCUT2D eigenvalue weighted by Crippen LogP contribution is -2.42. The van der Waals surface area contributed by atoms with Crippen LogP contribution < -0.4 is 14.8 Å². The van der Waals surface area contributed by atoms with Crippen molar-refractivity contribution in [1.29, 1.82) is 0 Å². The average Bonchev–Trinajstić information content (AvgIpc) is 2.82. The maximum atomic E-state index is 13.7. The van der Waals surface area contributed by atoms with Gasteiger partial charge in [-0.2, -0.15) is 0 Å². The van der Waals surface area contributed by atoms with Gasteiger partial charge in [0.25, 0.3) is 0 Å². The van der Waals surface area contributed by atoms with E-state index in [0.29, 0.717) is 41.2 Å². The summed E-state index contributed by atoms with van der Waals surface area (Å²) in [6, 6.07) is 15.5. The van der Waals surface area contributed by atoms with E-state index in [-0.39, 0.29) is 17.8 Å². The molecule has 3 atom stereocenters. The highest BCUT2D eigenvalue weighted by atomic mass is 16.5. The fourth-order valence-corrected chi connectivity index (χ4v) is 5.01. The molecule has 2 aliphatic rings. The highest BCUT2D eigenvalue weighted by Crippen LogP contribution is 2.49. The minimum Gasteiger partial charge on any atom is -0.497 e. The lowest BCUT2D eigenvalue weighted by atomic mass is 9.68. The van der Waals surface area contributed by atoms with Gasteiger partial charge in [0, 0.05) is 34.9 Å². The van der Waals surface area contributed by atoms with Gasteiger partial charge in [0.15, 0.2) is 5.78 Å². The Morgan fingerprint density at radius 2 is 1.79 bits per heavy atom. The van der Waals surface area contributed by atoms with Gasteiger partial charge in [0.05, 0.1) is 20.3 Å². The Kier molecular flexibility index (Phi) is 6.77. The first-order valence-electron chi connectivity index (χ1n) is 11.5. The molecule has 0 spiro atoms. The molecule has 1 N–H and O–H groups in total. The molecule has 6 nitrogen and oxygen atoms in total. The number of hydrogen-bond acceptors (Lipinski definition) is 6. The number of benzene rings is 2. The lowest BCUT2D eigenvalue weighted by molar-refractivity contribution is -0.151. The second-order valence-corrected chi connectivity index (χ2v) is 9.03. The zero-order valence-corrected chi connectivity index (χ0v) is 20.1. The van der Waals surface area contributed by atoms with Gasteiger partial charge < -0.3 is 19.5 Å². The number of hydrogen-bond donors (Lipinski definition) is 1. The van der Waals surface area contributed by atoms with E-state index in [9.17, 15) is 9.59 Å². The Morgan fingerprint density at radius 1 is 1.06 bits per heavy atom. The van der Waals surface area contributed by atoms with Crippen molar-refractivity contribution in [1.82, 2.24) is 5.32 Å². The topological polar surface area (TPSA) is 73.9 Å². The summed E-state index contributed by atoms with van der Waals surface area (Å²) in [7, 11) is 3.16. The van der Waals surface area contributed by atoms with Crippen LogP contribution >= 0.6 is 0 Å². The molecule has 1 aliphatic carbocycles. The molecule has 34 heavy (non-hydrogen) atoms. The van der Waals surface area contributed by atoms with Crippen LogP contribution in [0.1, 0.15) is 49.7 Å². The second-order valence-electron chi connectivity index (χ2n) is 9.03. The largest absolute Gasteiger partial charge is 0.497 e. The Balaban J connectivity index is 1.86. The predicted octanol–water partition coefficient (Wildman–Crippen LogP) is 4.87. The Morgan fingerprint density at radius 3 is 2.44 bits per heavy atom. The average molecular weight is 462 g/mol. The van der Waals surface area contributed by atoms with Gasteiger partial charge in [-0.25, -0.2) is 0 Å². The summed E-state index contributed by atoms with van der Waals surface area (Å²) < 4.78 is 16.7. The zero-order chi connectivity index (χ0) is 24.4. The molecule has 3 unspecified atom stereocenters. The minimum absolute atomic E-state index is 0.00678. The molecule has 0 radical (unpaired) electrons. The fourth-order valence-electron chi connectivity index (χ4n) is 5.01. The van der Waals surface area contributed by atoms with Gasteiger partial charge in [0.1, 0.15) is 17.4 Å². The van der Waals surface area contributed by atoms with Crippen LogP contribution in [-0.2, 0) is 14.3 Å². The molecule has 1 heterocycles. The van der Waals surface area contributed by atoms with Crippen molar-refractivity contribution in [2.45, 2.75) is 44.6 Å². The van der Waals surface area contributed by atoms with Gasteiger partial charge in [-0.15, -0.1) is 0 Å². The Hall–Kier alpha value is -3.54. The van der Waals surface area contributed by atoms with Crippen molar-refractivity contribution in [2.24, 2.45) is 5.92 Å². The molecular formula is C28H31NO5. The molecule has 2 aromatic carbocycles. The van der Waals surface area contributed by atoms with E-state index < -0.39 is 17.8 Å². The first kappa shape index (κ1) is 23.6. The summed E-state index contributed by atoms with van der Waals surface area (Å²) in [5.74, 6) is -0.543. The number of allylic oxidation sites excluding steroid dienone is 2. The zero-order valence-electron chi connectivity index (χ0n) is 20.1. The molecule has 6 heteroatoms. The molecule has 0 saturated carbocycles. The number of methoxy groups -OCH3 is 2. The monoisotopic (exact) mass is 461 g/mol. The van der Waals surface area contributed by atoms with Crippen LogP contribution in [0.15, 0.2) is 72.1 Å². The molecule has 0 saturated heterocycles. The van der Waals surface area contributed by atoms with Gasteiger partial charge in [-0.3, -0.25) is 9.59 Å². The molecule has 0 amide bonds. The second kappa shape index (κ2) is 9.75. The van der Waals surface area contributed by atoms with Crippen LogP contribution in [0.2, 0.25) is 0 Å². The highest BCUT2D eigenvalue weighted by Gasteiger charge is 2.46. The van der Waals surface area contributed by atoms with E-state index in [1.54, 1.807) is 40.2 Å². The number of carbonyl (C=O) groups excluding carboxylic acids is 2. The number of esters is 1. The summed E-state index contributed by atoms with van der Waals surface area (Å²) in [5, 5.41) is 3.31. The fraction of sp³-hybridized carbons (Fsp3) is 0.357. The van der Waals surface area contributed by atoms with Crippen LogP contribution in [0.4, 0.5) is 0 Å². The first-order chi connectivity index (χ1) is 16.3. The number of ether oxygens (including phenoxy) is 3. The van der Waals surface area contributed by atoms with Crippen molar-refractivity contribution < 1.29 is 23.8 Å². The van der Waals surface area contributed by atoms with Crippen LogP contribution in [-0.4, -0.2) is 32.1 Å². The molecular weight excluding hydrogens is 430 g/mol. The van der Waals surface area contributed by atoms with Gasteiger partial charge in [-0.05, 0) is 49.9 Å². The van der Waals surface area contributed by atoms with Crippen molar-refractivity contribution in [2.75, 3.05) is 14.2 Å². The number of nitrogens with one attached hydrogen (secondary N) is 1. The first-order valence-corrected chi connectivity index (χ1v) is 11.5. The smallest absolute Gasteiger partial charge is 0.316 e. The standard InChI is InChI=1S/C28H31NO5/c1-16(2)34-28(31)25-17(3)29-22-13-19(18-9-7-6-8-10-18)14-23(30)27(22)26(25)21-15-20(32-4)11-12-24(21)33-5/h6-12,15-16,19,25-26,29H,3,13-14H2,1-2,4-5H3. The highest BCUT2D eigenvalue weighted by molar-refractivity contribution is 6.01. The van der Waals surface area contributed by atoms with Crippen molar-refractivity contribution in [3.63, 3.8) is 0 Å². The molecule has 178 valence electrons. The Bertz CT molecular complexity index is 1130. The number of carbonyl (C=O) groups is 2. The van der Waals surface area contributed by atoms with Gasteiger partial charge in [0.2, 0.25) is 0 Å². The van der Waals surface area contributed by atoms with Gasteiger partial charge in [-0.1, -0.05) is 36.9 Å². The quantitative estimate of drug-likeness (QED) is 0.619. The van der Waals surface area contributed by atoms with E-state index in [1.807, 2.05) is 36.4 Å². The molecule has 0 fully saturated rings. The predicted molar refractivity (Wildman–Crippen MR) is 130 cm³/mol. The summed E-state index contributed by atoms with van der Waals surface area (Å²) >= 11 is 0. The molecule has 2 aromatic rings. The summed E-state index contributed by atoms with van der Waals surface area (Å²) in [5.41, 5.74) is 3.73. The van der Waals surface area contributed by atoms with Crippen LogP contribution in [0.25, 0.3) is 0 Å². The van der Waals surface area contributed by atoms with Crippen LogP contribution in [0, 0.1) is 5.92 Å². The van der Waals surface area contributed by atoms with E-state index in [2.05, 4.69) is 11.9 Å². The van der Waals surface area contributed by atoms with E-state index in [1.165, 1.54) is 0 Å². The van der Waals surface area contributed by atoms with E-state index in [4.69, 9.17) is 14.2 Å². The summed E-state index contributed by atoms with van der Waals surface area (Å²) in [6.45, 7) is 7.79. The summed E-state index contributed by atoms with van der Waals surface area (Å²) in [4.78, 5) is 27.0. The van der Waals surface area contributed by atoms with E-state index in [0.717, 1.165) is 11.3 Å². The SMILES string of the molecule is C=C1NC2=C(C(=O)CC(c3ccccc3)C2)C(c2cc(OC)ccc2OC)C1C(=O)OC(C)C. The number of Topliss-reactive ketones (excluding diaryl/α,β-unsaturated/α-hetero) is 1. The maximum Gasteiger partial charge on any atom is 0.316 e.